The first-order valence-corrected chi connectivity index (χ1v) is 15.3. The Morgan fingerprint density at radius 3 is 1.97 bits per heavy atom. The first-order valence-electron chi connectivity index (χ1n) is 12.4. The van der Waals surface area contributed by atoms with Crippen molar-refractivity contribution in [3.05, 3.63) is 72.1 Å². The zero-order valence-corrected chi connectivity index (χ0v) is 23.3. The lowest BCUT2D eigenvalue weighted by molar-refractivity contribution is 0.102. The smallest absolute Gasteiger partial charge is 0.264 e. The second-order valence-corrected chi connectivity index (χ2v) is 12.4. The molecule has 2 aromatic carbocycles. The summed E-state index contributed by atoms with van der Waals surface area (Å²) in [5.41, 5.74) is 1.27. The number of anilines is 2. The molecule has 0 atom stereocenters. The van der Waals surface area contributed by atoms with E-state index in [4.69, 9.17) is 0 Å². The van der Waals surface area contributed by atoms with Gasteiger partial charge in [0.05, 0.1) is 9.79 Å². The summed E-state index contributed by atoms with van der Waals surface area (Å²) < 4.78 is 55.3. The van der Waals surface area contributed by atoms with E-state index < -0.39 is 26.0 Å². The standard InChI is InChI=1S/C26H33N5O5S2/c1-4-6-18-31(19-7-5-2)38(35,36)24-12-8-21(9-13-24)25(32)29-22-10-14-23(15-11-22)37(33,34)30-26-27-17-16-20(3)28-26/h8-17H,4-7,18-19H2,1-3H3,(H,29,32)(H,27,28,30). The Balaban J connectivity index is 1.68. The van der Waals surface area contributed by atoms with E-state index in [2.05, 4.69) is 20.0 Å². The molecule has 0 spiro atoms. The van der Waals surface area contributed by atoms with Gasteiger partial charge in [0.2, 0.25) is 16.0 Å². The molecule has 0 bridgehead atoms. The third-order valence-corrected chi connectivity index (χ3v) is 8.98. The molecule has 0 fully saturated rings. The summed E-state index contributed by atoms with van der Waals surface area (Å²) in [6.45, 7) is 6.67. The van der Waals surface area contributed by atoms with Crippen LogP contribution in [-0.2, 0) is 20.0 Å². The Bertz CT molecular complexity index is 1430. The van der Waals surface area contributed by atoms with Gasteiger partial charge in [-0.25, -0.2) is 31.5 Å². The number of benzene rings is 2. The van der Waals surface area contributed by atoms with Crippen molar-refractivity contribution in [2.24, 2.45) is 0 Å². The first-order chi connectivity index (χ1) is 18.1. The number of aromatic nitrogens is 2. The molecule has 0 saturated heterocycles. The Kier molecular flexibility index (Phi) is 9.95. The summed E-state index contributed by atoms with van der Waals surface area (Å²) in [7, 11) is -7.57. The number of hydrogen-bond acceptors (Lipinski definition) is 7. The predicted molar refractivity (Wildman–Crippen MR) is 147 cm³/mol. The average Bonchev–Trinajstić information content (AvgIpc) is 2.88. The van der Waals surface area contributed by atoms with Crippen LogP contribution in [0.3, 0.4) is 0 Å². The van der Waals surface area contributed by atoms with Crippen molar-refractivity contribution in [3.8, 4) is 0 Å². The van der Waals surface area contributed by atoms with Crippen molar-refractivity contribution in [1.82, 2.24) is 14.3 Å². The van der Waals surface area contributed by atoms with Gasteiger partial charge < -0.3 is 5.32 Å². The number of carbonyl (C=O) groups excluding carboxylic acids is 1. The molecule has 0 aliphatic heterocycles. The van der Waals surface area contributed by atoms with Crippen LogP contribution in [0.25, 0.3) is 0 Å². The maximum Gasteiger partial charge on any atom is 0.264 e. The van der Waals surface area contributed by atoms with Crippen molar-refractivity contribution in [1.29, 1.82) is 0 Å². The summed E-state index contributed by atoms with van der Waals surface area (Å²) in [6.07, 6.45) is 4.79. The molecule has 1 aromatic heterocycles. The molecule has 3 rings (SSSR count). The molecule has 2 N–H and O–H groups in total. The highest BCUT2D eigenvalue weighted by Gasteiger charge is 2.24. The van der Waals surface area contributed by atoms with Crippen molar-refractivity contribution < 1.29 is 21.6 Å². The number of nitrogens with one attached hydrogen (secondary N) is 2. The van der Waals surface area contributed by atoms with Crippen LogP contribution >= 0.6 is 0 Å². The van der Waals surface area contributed by atoms with Gasteiger partial charge in [0.1, 0.15) is 0 Å². The van der Waals surface area contributed by atoms with E-state index in [0.717, 1.165) is 25.7 Å². The minimum Gasteiger partial charge on any atom is -0.322 e. The Hall–Kier alpha value is -3.35. The fraction of sp³-hybridized carbons (Fsp3) is 0.346. The summed E-state index contributed by atoms with van der Waals surface area (Å²) in [6, 6.07) is 13.1. The number of hydrogen-bond donors (Lipinski definition) is 2. The summed E-state index contributed by atoms with van der Waals surface area (Å²) >= 11 is 0. The number of sulfonamides is 2. The predicted octanol–water partition coefficient (Wildman–Crippen LogP) is 4.43. The van der Waals surface area contributed by atoms with Crippen molar-refractivity contribution in [2.45, 2.75) is 56.2 Å². The van der Waals surface area contributed by atoms with Gasteiger partial charge >= 0.3 is 0 Å². The Morgan fingerprint density at radius 2 is 1.42 bits per heavy atom. The lowest BCUT2D eigenvalue weighted by atomic mass is 10.2. The van der Waals surface area contributed by atoms with E-state index in [-0.39, 0.29) is 21.3 Å². The third kappa shape index (κ3) is 7.59. The van der Waals surface area contributed by atoms with E-state index in [0.29, 0.717) is 24.5 Å². The second kappa shape index (κ2) is 12.9. The van der Waals surface area contributed by atoms with Crippen LogP contribution in [0.1, 0.15) is 55.6 Å². The monoisotopic (exact) mass is 559 g/mol. The molecular weight excluding hydrogens is 526 g/mol. The Labute approximate surface area is 224 Å². The van der Waals surface area contributed by atoms with Gasteiger partial charge in [-0.3, -0.25) is 4.79 Å². The minimum absolute atomic E-state index is 0.0223. The number of aryl methyl sites for hydroxylation is 1. The molecular formula is C26H33N5O5S2. The quantitative estimate of drug-likeness (QED) is 0.316. The van der Waals surface area contributed by atoms with E-state index in [1.54, 1.807) is 13.0 Å². The normalized spacial score (nSPS) is 11.9. The van der Waals surface area contributed by atoms with Crippen LogP contribution < -0.4 is 10.0 Å². The maximum absolute atomic E-state index is 13.1. The van der Waals surface area contributed by atoms with Gasteiger partial charge in [-0.05, 0) is 74.4 Å². The molecule has 0 radical (unpaired) electrons. The zero-order valence-electron chi connectivity index (χ0n) is 21.7. The molecule has 0 aliphatic carbocycles. The summed E-state index contributed by atoms with van der Waals surface area (Å²) in [4.78, 5) is 20.8. The van der Waals surface area contributed by atoms with Gasteiger partial charge in [-0.2, -0.15) is 4.31 Å². The minimum atomic E-state index is -3.91. The van der Waals surface area contributed by atoms with Crippen molar-refractivity contribution >= 4 is 37.6 Å². The van der Waals surface area contributed by atoms with E-state index in [9.17, 15) is 21.6 Å². The maximum atomic E-state index is 13.1. The lowest BCUT2D eigenvalue weighted by Gasteiger charge is -2.22. The molecule has 204 valence electrons. The largest absolute Gasteiger partial charge is 0.322 e. The van der Waals surface area contributed by atoms with Crippen LogP contribution in [0, 0.1) is 6.92 Å². The van der Waals surface area contributed by atoms with E-state index in [1.165, 1.54) is 59.0 Å². The molecule has 0 unspecified atom stereocenters. The fourth-order valence-electron chi connectivity index (χ4n) is 3.55. The van der Waals surface area contributed by atoms with Gasteiger partial charge in [0, 0.05) is 36.2 Å². The summed E-state index contributed by atoms with van der Waals surface area (Å²) in [5, 5.41) is 2.69. The average molecular weight is 560 g/mol. The highest BCUT2D eigenvalue weighted by molar-refractivity contribution is 7.92. The SMILES string of the molecule is CCCCN(CCCC)S(=O)(=O)c1ccc(C(=O)Nc2ccc(S(=O)(=O)Nc3nccc(C)n3)cc2)cc1. The van der Waals surface area contributed by atoms with Crippen molar-refractivity contribution in [2.75, 3.05) is 23.1 Å². The van der Waals surface area contributed by atoms with E-state index in [1.807, 2.05) is 13.8 Å². The highest BCUT2D eigenvalue weighted by atomic mass is 32.2. The Morgan fingerprint density at radius 1 is 0.842 bits per heavy atom. The lowest BCUT2D eigenvalue weighted by Crippen LogP contribution is -2.33. The molecule has 0 aliphatic rings. The van der Waals surface area contributed by atoms with Crippen LogP contribution in [0.15, 0.2) is 70.6 Å². The molecule has 12 heteroatoms. The van der Waals surface area contributed by atoms with Crippen LogP contribution in [0.5, 0.6) is 0 Å². The van der Waals surface area contributed by atoms with E-state index >= 15 is 0 Å². The van der Waals surface area contributed by atoms with Crippen LogP contribution in [0.2, 0.25) is 0 Å². The zero-order chi connectivity index (χ0) is 27.8. The molecule has 0 saturated carbocycles. The number of unbranched alkanes of at least 4 members (excludes halogenated alkanes) is 2. The molecule has 1 amide bonds. The summed E-state index contributed by atoms with van der Waals surface area (Å²) in [5.74, 6) is -0.489. The van der Waals surface area contributed by atoms with Gasteiger partial charge in [0.25, 0.3) is 15.9 Å². The highest BCUT2D eigenvalue weighted by Crippen LogP contribution is 2.20. The molecule has 3 aromatic rings. The second-order valence-electron chi connectivity index (χ2n) is 8.74. The number of carbonyl (C=O) groups is 1. The number of amides is 1. The van der Waals surface area contributed by atoms with Crippen molar-refractivity contribution in [3.63, 3.8) is 0 Å². The molecule has 38 heavy (non-hydrogen) atoms. The topological polar surface area (TPSA) is 138 Å². The first kappa shape index (κ1) is 29.2. The fourth-order valence-corrected chi connectivity index (χ4v) is 6.01. The third-order valence-electron chi connectivity index (χ3n) is 5.72. The van der Waals surface area contributed by atoms with Gasteiger partial charge in [-0.1, -0.05) is 26.7 Å². The molecule has 10 nitrogen and oxygen atoms in total. The number of rotatable bonds is 13. The van der Waals surface area contributed by atoms with Crippen LogP contribution in [-0.4, -0.2) is 50.1 Å². The number of nitrogens with zero attached hydrogens (tertiary/aromatic N) is 3. The molecule has 1 heterocycles. The van der Waals surface area contributed by atoms with Crippen LogP contribution in [0.4, 0.5) is 11.6 Å². The van der Waals surface area contributed by atoms with Gasteiger partial charge in [0.15, 0.2) is 0 Å². The van der Waals surface area contributed by atoms with Gasteiger partial charge in [-0.15, -0.1) is 0 Å².